The third-order valence-corrected chi connectivity index (χ3v) is 2.60. The van der Waals surface area contributed by atoms with Crippen LogP contribution in [0.2, 0.25) is 0 Å². The van der Waals surface area contributed by atoms with Gasteiger partial charge in [-0.25, -0.2) is 0 Å². The predicted molar refractivity (Wildman–Crippen MR) is 66.4 cm³/mol. The van der Waals surface area contributed by atoms with Crippen LogP contribution in [0.15, 0.2) is 18.2 Å². The molecule has 4 nitrogen and oxygen atoms in total. The average Bonchev–Trinajstić information content (AvgIpc) is 2.68. The summed E-state index contributed by atoms with van der Waals surface area (Å²) in [7, 11) is 1.55. The van der Waals surface area contributed by atoms with Crippen molar-refractivity contribution in [3.8, 4) is 6.01 Å². The molecule has 0 atom stereocenters. The molecule has 2 aromatic rings. The zero-order chi connectivity index (χ0) is 12.6. The van der Waals surface area contributed by atoms with E-state index in [4.69, 9.17) is 4.74 Å². The Bertz CT molecular complexity index is 564. The maximum atomic E-state index is 12.1. The predicted octanol–water partition coefficient (Wildman–Crippen LogP) is 2.80. The molecule has 0 bridgehead atoms. The Hall–Kier alpha value is -1.84. The minimum absolute atomic E-state index is 0.118. The summed E-state index contributed by atoms with van der Waals surface area (Å²) in [5.74, 6) is 0.118. The molecular formula is C13H16N2O2. The van der Waals surface area contributed by atoms with Crippen LogP contribution >= 0.6 is 0 Å². The first-order valence-electron chi connectivity index (χ1n) is 5.50. The molecule has 1 N–H and O–H groups in total. The van der Waals surface area contributed by atoms with Gasteiger partial charge in [0.15, 0.2) is 5.78 Å². The molecule has 90 valence electrons. The number of hydrogen-bond acceptors (Lipinski definition) is 3. The number of fused-ring (bicyclic) bond motifs is 1. The Kier molecular flexibility index (Phi) is 2.65. The number of imidazole rings is 1. The molecule has 0 spiro atoms. The molecule has 0 radical (unpaired) electrons. The standard InChI is InChI=1S/C13H16N2O2/c1-13(2,3)11(16)8-5-6-9-10(7-8)15-12(14-9)17-4/h5-7H,1-4H3,(H,14,15). The van der Waals surface area contributed by atoms with E-state index in [1.54, 1.807) is 13.2 Å². The summed E-state index contributed by atoms with van der Waals surface area (Å²) in [6.45, 7) is 5.73. The van der Waals surface area contributed by atoms with Crippen molar-refractivity contribution in [3.05, 3.63) is 23.8 Å². The molecule has 0 aliphatic rings. The summed E-state index contributed by atoms with van der Waals surface area (Å²) in [6.07, 6.45) is 0. The molecule has 17 heavy (non-hydrogen) atoms. The molecule has 0 saturated carbocycles. The van der Waals surface area contributed by atoms with E-state index < -0.39 is 0 Å². The van der Waals surface area contributed by atoms with Crippen LogP contribution in [-0.2, 0) is 0 Å². The topological polar surface area (TPSA) is 55.0 Å². The van der Waals surface area contributed by atoms with E-state index in [1.807, 2.05) is 32.9 Å². The van der Waals surface area contributed by atoms with Gasteiger partial charge in [-0.05, 0) is 18.2 Å². The lowest BCUT2D eigenvalue weighted by Gasteiger charge is -2.16. The number of benzene rings is 1. The van der Waals surface area contributed by atoms with Crippen LogP contribution in [0.4, 0.5) is 0 Å². The number of methoxy groups -OCH3 is 1. The number of carbonyl (C=O) groups is 1. The third-order valence-electron chi connectivity index (χ3n) is 2.60. The molecule has 0 amide bonds. The van der Waals surface area contributed by atoms with Crippen molar-refractivity contribution in [2.45, 2.75) is 20.8 Å². The summed E-state index contributed by atoms with van der Waals surface area (Å²) in [4.78, 5) is 19.3. The lowest BCUT2D eigenvalue weighted by molar-refractivity contribution is 0.0858. The van der Waals surface area contributed by atoms with E-state index in [9.17, 15) is 4.79 Å². The van der Waals surface area contributed by atoms with Crippen molar-refractivity contribution in [1.82, 2.24) is 9.97 Å². The van der Waals surface area contributed by atoms with Gasteiger partial charge in [0, 0.05) is 11.0 Å². The zero-order valence-electron chi connectivity index (χ0n) is 10.5. The summed E-state index contributed by atoms with van der Waals surface area (Å²) < 4.78 is 5.02. The number of aromatic nitrogens is 2. The van der Waals surface area contributed by atoms with Gasteiger partial charge in [-0.1, -0.05) is 20.8 Å². The fraction of sp³-hybridized carbons (Fsp3) is 0.385. The zero-order valence-corrected chi connectivity index (χ0v) is 10.5. The van der Waals surface area contributed by atoms with Gasteiger partial charge in [-0.15, -0.1) is 0 Å². The van der Waals surface area contributed by atoms with E-state index in [0.29, 0.717) is 11.6 Å². The van der Waals surface area contributed by atoms with Crippen LogP contribution in [0.1, 0.15) is 31.1 Å². The Morgan fingerprint density at radius 2 is 2.06 bits per heavy atom. The van der Waals surface area contributed by atoms with E-state index in [1.165, 1.54) is 0 Å². The van der Waals surface area contributed by atoms with Crippen molar-refractivity contribution in [2.75, 3.05) is 7.11 Å². The molecular weight excluding hydrogens is 216 g/mol. The summed E-state index contributed by atoms with van der Waals surface area (Å²) in [5, 5.41) is 0. The molecule has 1 aromatic carbocycles. The van der Waals surface area contributed by atoms with Gasteiger partial charge in [0.2, 0.25) is 0 Å². The highest BCUT2D eigenvalue weighted by Crippen LogP contribution is 2.24. The van der Waals surface area contributed by atoms with Crippen LogP contribution in [-0.4, -0.2) is 22.9 Å². The molecule has 0 fully saturated rings. The third kappa shape index (κ3) is 2.16. The van der Waals surface area contributed by atoms with Gasteiger partial charge >= 0.3 is 0 Å². The molecule has 2 rings (SSSR count). The van der Waals surface area contributed by atoms with Crippen LogP contribution < -0.4 is 4.74 Å². The van der Waals surface area contributed by atoms with Gasteiger partial charge in [0.1, 0.15) is 0 Å². The van der Waals surface area contributed by atoms with Crippen molar-refractivity contribution in [1.29, 1.82) is 0 Å². The largest absolute Gasteiger partial charge is 0.468 e. The molecule has 1 heterocycles. The highest BCUT2D eigenvalue weighted by atomic mass is 16.5. The van der Waals surface area contributed by atoms with Crippen molar-refractivity contribution >= 4 is 16.8 Å². The Morgan fingerprint density at radius 1 is 1.35 bits per heavy atom. The number of nitrogens with one attached hydrogen (secondary N) is 1. The second-order valence-electron chi connectivity index (χ2n) is 5.06. The van der Waals surface area contributed by atoms with E-state index in [2.05, 4.69) is 9.97 Å². The Balaban J connectivity index is 2.47. The molecule has 0 aliphatic heterocycles. The van der Waals surface area contributed by atoms with Crippen molar-refractivity contribution in [2.24, 2.45) is 5.41 Å². The molecule has 0 unspecified atom stereocenters. The number of ether oxygens (including phenoxy) is 1. The van der Waals surface area contributed by atoms with Crippen molar-refractivity contribution in [3.63, 3.8) is 0 Å². The summed E-state index contributed by atoms with van der Waals surface area (Å²) in [5.41, 5.74) is 1.93. The fourth-order valence-corrected chi connectivity index (χ4v) is 1.66. The average molecular weight is 232 g/mol. The molecule has 4 heteroatoms. The second kappa shape index (κ2) is 3.87. The molecule has 0 saturated heterocycles. The van der Waals surface area contributed by atoms with E-state index in [-0.39, 0.29) is 11.2 Å². The number of ketones is 1. The van der Waals surface area contributed by atoms with Crippen LogP contribution in [0, 0.1) is 5.41 Å². The van der Waals surface area contributed by atoms with Gasteiger partial charge in [-0.2, -0.15) is 4.98 Å². The minimum Gasteiger partial charge on any atom is -0.468 e. The van der Waals surface area contributed by atoms with Gasteiger partial charge in [-0.3, -0.25) is 4.79 Å². The second-order valence-corrected chi connectivity index (χ2v) is 5.06. The first kappa shape index (κ1) is 11.6. The summed E-state index contributed by atoms with van der Waals surface area (Å²) in [6, 6.07) is 5.91. The fourth-order valence-electron chi connectivity index (χ4n) is 1.66. The van der Waals surface area contributed by atoms with E-state index in [0.717, 1.165) is 11.0 Å². The van der Waals surface area contributed by atoms with Gasteiger partial charge < -0.3 is 9.72 Å². The molecule has 0 aliphatic carbocycles. The Morgan fingerprint density at radius 3 is 2.65 bits per heavy atom. The molecule has 1 aromatic heterocycles. The first-order chi connectivity index (χ1) is 7.91. The van der Waals surface area contributed by atoms with Crippen LogP contribution in [0.25, 0.3) is 11.0 Å². The monoisotopic (exact) mass is 232 g/mol. The number of hydrogen-bond donors (Lipinski definition) is 1. The number of H-pyrrole nitrogens is 1. The summed E-state index contributed by atoms with van der Waals surface area (Å²) >= 11 is 0. The minimum atomic E-state index is -0.377. The van der Waals surface area contributed by atoms with Gasteiger partial charge in [0.05, 0.1) is 18.1 Å². The van der Waals surface area contributed by atoms with Gasteiger partial charge in [0.25, 0.3) is 6.01 Å². The maximum Gasteiger partial charge on any atom is 0.294 e. The van der Waals surface area contributed by atoms with E-state index >= 15 is 0 Å². The van der Waals surface area contributed by atoms with Crippen LogP contribution in [0.5, 0.6) is 6.01 Å². The Labute approximate surface area is 100 Å². The highest BCUT2D eigenvalue weighted by Gasteiger charge is 2.23. The first-order valence-corrected chi connectivity index (χ1v) is 5.50. The van der Waals surface area contributed by atoms with Crippen molar-refractivity contribution < 1.29 is 9.53 Å². The number of nitrogens with zero attached hydrogens (tertiary/aromatic N) is 1. The quantitative estimate of drug-likeness (QED) is 0.810. The SMILES string of the molecule is COc1nc2ccc(C(=O)C(C)(C)C)cc2[nH]1. The number of rotatable bonds is 2. The lowest BCUT2D eigenvalue weighted by atomic mass is 9.86. The number of aromatic amines is 1. The van der Waals surface area contributed by atoms with Crippen LogP contribution in [0.3, 0.4) is 0 Å². The number of Topliss-reactive ketones (excluding diaryl/α,β-unsaturated/α-hetero) is 1. The maximum absolute atomic E-state index is 12.1. The smallest absolute Gasteiger partial charge is 0.294 e. The highest BCUT2D eigenvalue weighted by molar-refractivity contribution is 6.02. The lowest BCUT2D eigenvalue weighted by Crippen LogP contribution is -2.19. The normalized spacial score (nSPS) is 11.8. The number of carbonyl (C=O) groups excluding carboxylic acids is 1.